The van der Waals surface area contributed by atoms with Gasteiger partial charge in [-0.05, 0) is 19.4 Å². The fraction of sp³-hybridized carbons (Fsp3) is 0.143. The number of thiazole rings is 1. The molecule has 0 amide bonds. The Morgan fingerprint density at radius 1 is 1.33 bits per heavy atom. The van der Waals surface area contributed by atoms with E-state index in [1.54, 1.807) is 17.5 Å². The number of hydrogen-bond donors (Lipinski definition) is 0. The van der Waals surface area contributed by atoms with Crippen molar-refractivity contribution in [1.82, 2.24) is 9.38 Å². The highest BCUT2D eigenvalue weighted by molar-refractivity contribution is 7.15. The van der Waals surface area contributed by atoms with E-state index in [1.165, 1.54) is 16.7 Å². The van der Waals surface area contributed by atoms with Gasteiger partial charge in [-0.2, -0.15) is 0 Å². The van der Waals surface area contributed by atoms with E-state index in [2.05, 4.69) is 42.4 Å². The Bertz CT molecular complexity index is 739. The molecule has 90 valence electrons. The predicted octanol–water partition coefficient (Wildman–Crippen LogP) is 3.49. The largest absolute Gasteiger partial charge is 0.296 e. The van der Waals surface area contributed by atoms with Crippen LogP contribution in [-0.2, 0) is 0 Å². The van der Waals surface area contributed by atoms with Crippen molar-refractivity contribution >= 4 is 22.6 Å². The lowest BCUT2D eigenvalue weighted by Gasteiger charge is -2.05. The molecule has 0 bridgehead atoms. The number of rotatable bonds is 2. The maximum absolute atomic E-state index is 10.8. The summed E-state index contributed by atoms with van der Waals surface area (Å²) in [5.41, 5.74) is 5.24. The molecule has 0 fully saturated rings. The van der Waals surface area contributed by atoms with Gasteiger partial charge < -0.3 is 0 Å². The van der Waals surface area contributed by atoms with Crippen molar-refractivity contribution < 1.29 is 4.79 Å². The summed E-state index contributed by atoms with van der Waals surface area (Å²) in [5, 5.41) is 2.08. The number of aryl methyl sites for hydroxylation is 2. The molecule has 18 heavy (non-hydrogen) atoms. The molecule has 1 aromatic carbocycles. The Morgan fingerprint density at radius 2 is 2.17 bits per heavy atom. The van der Waals surface area contributed by atoms with Crippen molar-refractivity contribution in [3.05, 3.63) is 46.6 Å². The van der Waals surface area contributed by atoms with Gasteiger partial charge in [-0.15, -0.1) is 11.3 Å². The fourth-order valence-electron chi connectivity index (χ4n) is 2.15. The third-order valence-electron chi connectivity index (χ3n) is 3.01. The summed E-state index contributed by atoms with van der Waals surface area (Å²) in [4.78, 5) is 15.9. The van der Waals surface area contributed by atoms with Crippen LogP contribution >= 0.6 is 11.3 Å². The van der Waals surface area contributed by atoms with Crippen LogP contribution in [0.25, 0.3) is 16.2 Å². The number of imidazole rings is 1. The van der Waals surface area contributed by atoms with Gasteiger partial charge in [-0.1, -0.05) is 23.8 Å². The summed E-state index contributed by atoms with van der Waals surface area (Å²) in [7, 11) is 0. The van der Waals surface area contributed by atoms with Gasteiger partial charge in [0.1, 0.15) is 5.69 Å². The number of benzene rings is 1. The number of aromatic nitrogens is 2. The van der Waals surface area contributed by atoms with Crippen LogP contribution in [0.3, 0.4) is 0 Å². The summed E-state index contributed by atoms with van der Waals surface area (Å²) < 4.78 is 1.98. The maximum Gasteiger partial charge on any atom is 0.194 e. The van der Waals surface area contributed by atoms with E-state index < -0.39 is 0 Å². The molecule has 2 heterocycles. The zero-order valence-electron chi connectivity index (χ0n) is 10.2. The molecule has 0 aliphatic carbocycles. The van der Waals surface area contributed by atoms with Crippen LogP contribution < -0.4 is 0 Å². The molecule has 0 saturated carbocycles. The number of aldehydes is 1. The van der Waals surface area contributed by atoms with Crippen molar-refractivity contribution in [3.63, 3.8) is 0 Å². The highest BCUT2D eigenvalue weighted by atomic mass is 32.1. The van der Waals surface area contributed by atoms with E-state index >= 15 is 0 Å². The van der Waals surface area contributed by atoms with Gasteiger partial charge in [0.05, 0.1) is 5.69 Å². The van der Waals surface area contributed by atoms with E-state index in [1.807, 2.05) is 4.40 Å². The van der Waals surface area contributed by atoms with Crippen LogP contribution in [0.15, 0.2) is 29.8 Å². The van der Waals surface area contributed by atoms with Gasteiger partial charge in [0.25, 0.3) is 0 Å². The van der Waals surface area contributed by atoms with Crippen LogP contribution in [0.4, 0.5) is 0 Å². The third-order valence-corrected chi connectivity index (χ3v) is 3.85. The number of nitrogens with zero attached hydrogens (tertiary/aromatic N) is 2. The summed E-state index contributed by atoms with van der Waals surface area (Å²) in [6.07, 6.45) is 2.57. The highest BCUT2D eigenvalue weighted by Crippen LogP contribution is 2.29. The standard InChI is InChI=1S/C14H12N2OS/c1-9-3-4-12(10(2)5-9)13-8-18-14-15-11(7-17)6-16(13)14/h3-8H,1-2H3. The van der Waals surface area contributed by atoms with Crippen molar-refractivity contribution in [2.75, 3.05) is 0 Å². The highest BCUT2D eigenvalue weighted by Gasteiger charge is 2.11. The Morgan fingerprint density at radius 3 is 2.89 bits per heavy atom. The Kier molecular flexibility index (Phi) is 2.52. The van der Waals surface area contributed by atoms with Gasteiger partial charge in [0.2, 0.25) is 0 Å². The minimum absolute atomic E-state index is 0.480. The average molecular weight is 256 g/mol. The molecule has 0 spiro atoms. The average Bonchev–Trinajstić information content (AvgIpc) is 2.89. The minimum Gasteiger partial charge on any atom is -0.296 e. The van der Waals surface area contributed by atoms with E-state index in [-0.39, 0.29) is 0 Å². The first-order valence-electron chi connectivity index (χ1n) is 5.68. The second kappa shape index (κ2) is 4.07. The van der Waals surface area contributed by atoms with E-state index in [0.717, 1.165) is 16.9 Å². The summed E-state index contributed by atoms with van der Waals surface area (Å²) in [6.45, 7) is 4.19. The van der Waals surface area contributed by atoms with E-state index in [0.29, 0.717) is 5.69 Å². The number of carbonyl (C=O) groups excluding carboxylic acids is 1. The Balaban J connectivity index is 2.24. The predicted molar refractivity (Wildman–Crippen MR) is 73.4 cm³/mol. The van der Waals surface area contributed by atoms with Crippen molar-refractivity contribution in [1.29, 1.82) is 0 Å². The molecule has 2 aromatic heterocycles. The molecule has 4 heteroatoms. The summed E-state index contributed by atoms with van der Waals surface area (Å²) >= 11 is 1.55. The molecule has 0 unspecified atom stereocenters. The first-order chi connectivity index (χ1) is 8.69. The number of carbonyl (C=O) groups is 1. The molecule has 3 rings (SSSR count). The lowest BCUT2D eigenvalue weighted by Crippen LogP contribution is -1.88. The monoisotopic (exact) mass is 256 g/mol. The molecule has 0 radical (unpaired) electrons. The number of hydrogen-bond acceptors (Lipinski definition) is 3. The zero-order chi connectivity index (χ0) is 12.7. The summed E-state index contributed by atoms with van der Waals surface area (Å²) in [6, 6.07) is 6.38. The summed E-state index contributed by atoms with van der Waals surface area (Å²) in [5.74, 6) is 0. The van der Waals surface area contributed by atoms with Crippen LogP contribution in [0.2, 0.25) is 0 Å². The normalized spacial score (nSPS) is 11.0. The van der Waals surface area contributed by atoms with E-state index in [9.17, 15) is 4.79 Å². The van der Waals surface area contributed by atoms with Gasteiger partial charge >= 0.3 is 0 Å². The fourth-order valence-corrected chi connectivity index (χ4v) is 3.03. The van der Waals surface area contributed by atoms with Crippen LogP contribution in [-0.4, -0.2) is 15.7 Å². The molecule has 0 atom stereocenters. The van der Waals surface area contributed by atoms with E-state index in [4.69, 9.17) is 0 Å². The zero-order valence-corrected chi connectivity index (χ0v) is 11.0. The second-order valence-electron chi connectivity index (χ2n) is 4.38. The molecule has 0 aliphatic rings. The first kappa shape index (κ1) is 11.2. The molecule has 0 aliphatic heterocycles. The SMILES string of the molecule is Cc1ccc(-c2csc3nc(C=O)cn23)c(C)c1. The molecule has 3 aromatic rings. The number of fused-ring (bicyclic) bond motifs is 1. The second-order valence-corrected chi connectivity index (χ2v) is 5.21. The van der Waals surface area contributed by atoms with Crippen LogP contribution in [0.1, 0.15) is 21.6 Å². The van der Waals surface area contributed by atoms with Gasteiger partial charge in [0.15, 0.2) is 11.2 Å². The lowest BCUT2D eigenvalue weighted by molar-refractivity contribution is 0.111. The topological polar surface area (TPSA) is 34.4 Å². The molecular formula is C14H12N2OS. The minimum atomic E-state index is 0.480. The smallest absolute Gasteiger partial charge is 0.194 e. The first-order valence-corrected chi connectivity index (χ1v) is 6.56. The quantitative estimate of drug-likeness (QED) is 0.658. The van der Waals surface area contributed by atoms with Crippen molar-refractivity contribution in [3.8, 4) is 11.3 Å². The van der Waals surface area contributed by atoms with Gasteiger partial charge in [0, 0.05) is 17.1 Å². The van der Waals surface area contributed by atoms with Crippen LogP contribution in [0, 0.1) is 13.8 Å². The Labute approximate surface area is 109 Å². The van der Waals surface area contributed by atoms with Crippen molar-refractivity contribution in [2.45, 2.75) is 13.8 Å². The Hall–Kier alpha value is -1.94. The molecule has 0 N–H and O–H groups in total. The molecule has 0 saturated heterocycles. The van der Waals surface area contributed by atoms with Crippen molar-refractivity contribution in [2.24, 2.45) is 0 Å². The van der Waals surface area contributed by atoms with Crippen LogP contribution in [0.5, 0.6) is 0 Å². The maximum atomic E-state index is 10.8. The van der Waals surface area contributed by atoms with Gasteiger partial charge in [-0.25, -0.2) is 4.98 Å². The van der Waals surface area contributed by atoms with Gasteiger partial charge in [-0.3, -0.25) is 9.20 Å². The molecule has 3 nitrogen and oxygen atoms in total. The lowest BCUT2D eigenvalue weighted by atomic mass is 10.0. The third kappa shape index (κ3) is 1.66. The molecular weight excluding hydrogens is 244 g/mol.